The molecule has 0 bridgehead atoms. The van der Waals surface area contributed by atoms with Gasteiger partial charge in [-0.3, -0.25) is 0 Å². The fourth-order valence-electron chi connectivity index (χ4n) is 0.853. The van der Waals surface area contributed by atoms with Crippen molar-refractivity contribution in [1.82, 2.24) is 10.2 Å². The minimum absolute atomic E-state index is 0.123. The number of methoxy groups -OCH3 is 1. The van der Waals surface area contributed by atoms with Crippen LogP contribution in [0.5, 0.6) is 0 Å². The first-order chi connectivity index (χ1) is 5.06. The van der Waals surface area contributed by atoms with Crippen LogP contribution >= 0.6 is 0 Å². The van der Waals surface area contributed by atoms with E-state index in [1.54, 1.807) is 0 Å². The summed E-state index contributed by atoms with van der Waals surface area (Å²) in [6, 6.07) is 0.123. The summed E-state index contributed by atoms with van der Waals surface area (Å²) in [7, 11) is 5.27. The topological polar surface area (TPSA) is 41.6 Å². The van der Waals surface area contributed by atoms with E-state index in [1.165, 1.54) is 7.11 Å². The van der Waals surface area contributed by atoms with E-state index in [-0.39, 0.29) is 12.1 Å². The van der Waals surface area contributed by atoms with E-state index in [1.807, 2.05) is 25.9 Å². The number of nitrogens with zero attached hydrogens (tertiary/aromatic N) is 1. The van der Waals surface area contributed by atoms with Crippen LogP contribution in [0, 0.1) is 0 Å². The van der Waals surface area contributed by atoms with E-state index in [0.717, 1.165) is 6.54 Å². The van der Waals surface area contributed by atoms with Crippen molar-refractivity contribution in [2.75, 3.05) is 27.7 Å². The van der Waals surface area contributed by atoms with Crippen LogP contribution in [0.15, 0.2) is 0 Å². The summed E-state index contributed by atoms with van der Waals surface area (Å²) in [4.78, 5) is 12.7. The van der Waals surface area contributed by atoms with Crippen LogP contribution in [0.3, 0.4) is 0 Å². The number of hydrogen-bond donors (Lipinski definition) is 1. The molecule has 4 heteroatoms. The van der Waals surface area contributed by atoms with Gasteiger partial charge in [-0.15, -0.1) is 0 Å². The number of rotatable bonds is 3. The number of alkyl carbamates (subject to hydrolysis) is 1. The second-order valence-electron chi connectivity index (χ2n) is 2.80. The molecule has 4 nitrogen and oxygen atoms in total. The Bertz CT molecular complexity index is 126. The molecular formula is C7H16N2O2. The minimum Gasteiger partial charge on any atom is -0.453 e. The van der Waals surface area contributed by atoms with Crippen molar-refractivity contribution in [2.45, 2.75) is 13.0 Å². The maximum absolute atomic E-state index is 10.7. The molecule has 1 unspecified atom stereocenters. The van der Waals surface area contributed by atoms with Gasteiger partial charge in [-0.25, -0.2) is 4.79 Å². The number of nitrogens with one attached hydrogen (secondary N) is 1. The molecule has 1 N–H and O–H groups in total. The molecule has 0 saturated heterocycles. The monoisotopic (exact) mass is 160 g/mol. The van der Waals surface area contributed by atoms with E-state index in [0.29, 0.717) is 0 Å². The van der Waals surface area contributed by atoms with E-state index in [4.69, 9.17) is 0 Å². The lowest BCUT2D eigenvalue weighted by atomic mass is 10.3. The van der Waals surface area contributed by atoms with Gasteiger partial charge in [0.2, 0.25) is 0 Å². The Morgan fingerprint density at radius 2 is 2.18 bits per heavy atom. The third-order valence-corrected chi connectivity index (χ3v) is 1.19. The first kappa shape index (κ1) is 10.2. The molecule has 0 heterocycles. The second kappa shape index (κ2) is 4.96. The number of carbonyl (C=O) groups excluding carboxylic acids is 1. The van der Waals surface area contributed by atoms with Gasteiger partial charge in [0.1, 0.15) is 0 Å². The van der Waals surface area contributed by atoms with E-state index >= 15 is 0 Å². The van der Waals surface area contributed by atoms with Crippen LogP contribution in [0.25, 0.3) is 0 Å². The van der Waals surface area contributed by atoms with Gasteiger partial charge in [-0.05, 0) is 21.0 Å². The maximum atomic E-state index is 10.7. The predicted octanol–water partition coefficient (Wildman–Crippen LogP) is 0.292. The van der Waals surface area contributed by atoms with Crippen LogP contribution in [-0.4, -0.2) is 44.8 Å². The Balaban J connectivity index is 3.51. The number of carbonyl (C=O) groups is 1. The molecule has 0 saturated carbocycles. The first-order valence-electron chi connectivity index (χ1n) is 3.55. The summed E-state index contributed by atoms with van der Waals surface area (Å²) in [5.74, 6) is 0. The molecule has 0 aromatic heterocycles. The van der Waals surface area contributed by atoms with E-state index in [9.17, 15) is 4.79 Å². The molecule has 0 rings (SSSR count). The average molecular weight is 160 g/mol. The molecule has 0 aromatic rings. The zero-order valence-corrected chi connectivity index (χ0v) is 7.55. The molecule has 0 radical (unpaired) electrons. The first-order valence-corrected chi connectivity index (χ1v) is 3.55. The largest absolute Gasteiger partial charge is 0.453 e. The smallest absolute Gasteiger partial charge is 0.407 e. The molecule has 1 atom stereocenters. The average Bonchev–Trinajstić information content (AvgIpc) is 1.85. The van der Waals surface area contributed by atoms with E-state index < -0.39 is 0 Å². The lowest BCUT2D eigenvalue weighted by molar-refractivity contribution is 0.165. The van der Waals surface area contributed by atoms with Crippen molar-refractivity contribution >= 4 is 6.09 Å². The Hall–Kier alpha value is -0.770. The minimum atomic E-state index is -0.376. The lowest BCUT2D eigenvalue weighted by Crippen LogP contribution is -2.39. The lowest BCUT2D eigenvalue weighted by Gasteiger charge is -2.17. The van der Waals surface area contributed by atoms with Gasteiger partial charge in [-0.1, -0.05) is 0 Å². The fourth-order valence-corrected chi connectivity index (χ4v) is 0.853. The molecule has 0 spiro atoms. The van der Waals surface area contributed by atoms with Crippen LogP contribution in [0.4, 0.5) is 4.79 Å². The second-order valence-corrected chi connectivity index (χ2v) is 2.80. The molecule has 0 fully saturated rings. The Kier molecular flexibility index (Phi) is 4.61. The summed E-state index contributed by atoms with van der Waals surface area (Å²) in [6.45, 7) is 2.74. The Labute approximate surface area is 67.5 Å². The van der Waals surface area contributed by atoms with Crippen LogP contribution in [0.2, 0.25) is 0 Å². The van der Waals surface area contributed by atoms with Gasteiger partial charge in [0, 0.05) is 12.6 Å². The molecule has 0 aromatic carbocycles. The Morgan fingerprint density at radius 3 is 2.55 bits per heavy atom. The summed E-state index contributed by atoms with van der Waals surface area (Å²) < 4.78 is 4.43. The molecule has 66 valence electrons. The highest BCUT2D eigenvalue weighted by molar-refractivity contribution is 5.67. The highest BCUT2D eigenvalue weighted by Gasteiger charge is 2.06. The summed E-state index contributed by atoms with van der Waals surface area (Å²) in [5.41, 5.74) is 0. The normalized spacial score (nSPS) is 12.8. The van der Waals surface area contributed by atoms with Gasteiger partial charge in [0.05, 0.1) is 7.11 Å². The van der Waals surface area contributed by atoms with Gasteiger partial charge in [0.25, 0.3) is 0 Å². The molecule has 0 aliphatic carbocycles. The van der Waals surface area contributed by atoms with Crippen LogP contribution in [0.1, 0.15) is 6.92 Å². The van der Waals surface area contributed by atoms with Crippen molar-refractivity contribution < 1.29 is 9.53 Å². The Morgan fingerprint density at radius 1 is 1.64 bits per heavy atom. The fraction of sp³-hybridized carbons (Fsp3) is 0.857. The van der Waals surface area contributed by atoms with Gasteiger partial charge in [-0.2, -0.15) is 0 Å². The number of ether oxygens (including phenoxy) is 1. The van der Waals surface area contributed by atoms with E-state index in [2.05, 4.69) is 10.1 Å². The zero-order chi connectivity index (χ0) is 8.85. The predicted molar refractivity (Wildman–Crippen MR) is 43.6 cm³/mol. The van der Waals surface area contributed by atoms with Gasteiger partial charge >= 0.3 is 6.09 Å². The van der Waals surface area contributed by atoms with Crippen molar-refractivity contribution in [3.05, 3.63) is 0 Å². The maximum Gasteiger partial charge on any atom is 0.407 e. The van der Waals surface area contributed by atoms with Crippen LogP contribution < -0.4 is 5.32 Å². The third-order valence-electron chi connectivity index (χ3n) is 1.19. The summed E-state index contributed by atoms with van der Waals surface area (Å²) in [5, 5.41) is 2.66. The molecule has 11 heavy (non-hydrogen) atoms. The zero-order valence-electron chi connectivity index (χ0n) is 7.55. The third kappa shape index (κ3) is 5.66. The van der Waals surface area contributed by atoms with Crippen molar-refractivity contribution in [3.63, 3.8) is 0 Å². The SMILES string of the molecule is COC(=O)NC(C)CN(C)C. The van der Waals surface area contributed by atoms with Crippen molar-refractivity contribution in [3.8, 4) is 0 Å². The highest BCUT2D eigenvalue weighted by Crippen LogP contribution is 1.85. The van der Waals surface area contributed by atoms with Crippen molar-refractivity contribution in [2.24, 2.45) is 0 Å². The molecule has 0 aliphatic heterocycles. The standard InChI is InChI=1S/C7H16N2O2/c1-6(5-9(2)3)8-7(10)11-4/h6H,5H2,1-4H3,(H,8,10). The number of likely N-dealkylation sites (N-methyl/N-ethyl adjacent to an activating group) is 1. The van der Waals surface area contributed by atoms with Gasteiger partial charge in [0.15, 0.2) is 0 Å². The number of hydrogen-bond acceptors (Lipinski definition) is 3. The number of amides is 1. The summed E-state index contributed by atoms with van der Waals surface area (Å²) >= 11 is 0. The summed E-state index contributed by atoms with van der Waals surface area (Å²) in [6.07, 6.45) is -0.376. The quantitative estimate of drug-likeness (QED) is 0.645. The highest BCUT2D eigenvalue weighted by atomic mass is 16.5. The van der Waals surface area contributed by atoms with Crippen LogP contribution in [-0.2, 0) is 4.74 Å². The van der Waals surface area contributed by atoms with Crippen molar-refractivity contribution in [1.29, 1.82) is 0 Å². The molecular weight excluding hydrogens is 144 g/mol. The van der Waals surface area contributed by atoms with Gasteiger partial charge < -0.3 is 15.0 Å². The molecule has 1 amide bonds. The molecule has 0 aliphatic rings.